The second kappa shape index (κ2) is 10.3. The van der Waals surface area contributed by atoms with E-state index in [2.05, 4.69) is 46.8 Å². The molecule has 0 saturated carbocycles. The number of carbonyl (C=O) groups excluding carboxylic acids is 1. The monoisotopic (exact) mass is 397 g/mol. The lowest BCUT2D eigenvalue weighted by atomic mass is 10.1. The maximum atomic E-state index is 11.9. The lowest BCUT2D eigenvalue weighted by Gasteiger charge is -2.07. The normalized spacial score (nSPS) is 11.1. The van der Waals surface area contributed by atoms with Gasteiger partial charge in [0.1, 0.15) is 0 Å². The number of halogens is 1. The van der Waals surface area contributed by atoms with Crippen molar-refractivity contribution in [2.45, 2.75) is 45.7 Å². The van der Waals surface area contributed by atoms with Crippen LogP contribution in [0.15, 0.2) is 48.5 Å². The number of hydrogen-bond donors (Lipinski definition) is 3. The van der Waals surface area contributed by atoms with Gasteiger partial charge in [-0.05, 0) is 61.7 Å². The zero-order valence-corrected chi connectivity index (χ0v) is 17.1. The third-order valence-corrected chi connectivity index (χ3v) is 5.12. The molecule has 0 spiro atoms. The molecule has 4 nitrogen and oxygen atoms in total. The average molecular weight is 398 g/mol. The van der Waals surface area contributed by atoms with Gasteiger partial charge in [-0.15, -0.1) is 0 Å². The number of rotatable bonds is 10. The van der Waals surface area contributed by atoms with E-state index in [9.17, 15) is 4.79 Å². The minimum absolute atomic E-state index is 0.109. The molecule has 5 heteroatoms. The zero-order chi connectivity index (χ0) is 19.8. The van der Waals surface area contributed by atoms with Gasteiger partial charge in [-0.1, -0.05) is 42.3 Å². The van der Waals surface area contributed by atoms with Crippen LogP contribution in [0.1, 0.15) is 42.5 Å². The van der Waals surface area contributed by atoms with Crippen LogP contribution in [0.4, 0.5) is 0 Å². The van der Waals surface area contributed by atoms with E-state index in [1.807, 2.05) is 24.3 Å². The van der Waals surface area contributed by atoms with Crippen LogP contribution in [0.5, 0.6) is 0 Å². The molecule has 1 heterocycles. The minimum atomic E-state index is 0.109. The quantitative estimate of drug-likeness (QED) is 0.417. The molecule has 2 aromatic carbocycles. The Labute approximate surface area is 171 Å². The first-order valence-corrected chi connectivity index (χ1v) is 10.3. The number of hydrogen-bond acceptors (Lipinski definition) is 2. The topological polar surface area (TPSA) is 56.9 Å². The second-order valence-electron chi connectivity index (χ2n) is 7.22. The van der Waals surface area contributed by atoms with Gasteiger partial charge >= 0.3 is 0 Å². The van der Waals surface area contributed by atoms with E-state index in [4.69, 9.17) is 11.6 Å². The Bertz CT molecular complexity index is 902. The van der Waals surface area contributed by atoms with Crippen LogP contribution in [0.25, 0.3) is 10.9 Å². The third kappa shape index (κ3) is 6.11. The number of aryl methyl sites for hydroxylation is 1. The Balaban J connectivity index is 1.26. The van der Waals surface area contributed by atoms with Gasteiger partial charge in [0.15, 0.2) is 0 Å². The van der Waals surface area contributed by atoms with Crippen molar-refractivity contribution in [1.29, 1.82) is 0 Å². The summed E-state index contributed by atoms with van der Waals surface area (Å²) in [5, 5.41) is 8.49. The van der Waals surface area contributed by atoms with Crippen LogP contribution >= 0.6 is 11.6 Å². The van der Waals surface area contributed by atoms with Crippen LogP contribution in [0.3, 0.4) is 0 Å². The number of H-pyrrole nitrogens is 1. The predicted octanol–water partition coefficient (Wildman–Crippen LogP) is 5.10. The van der Waals surface area contributed by atoms with Crippen molar-refractivity contribution in [1.82, 2.24) is 15.6 Å². The zero-order valence-electron chi connectivity index (χ0n) is 16.4. The van der Waals surface area contributed by atoms with Crippen LogP contribution in [-0.2, 0) is 17.9 Å². The Morgan fingerprint density at radius 2 is 1.86 bits per heavy atom. The lowest BCUT2D eigenvalue weighted by molar-refractivity contribution is -0.121. The van der Waals surface area contributed by atoms with Crippen molar-refractivity contribution in [3.63, 3.8) is 0 Å². The van der Waals surface area contributed by atoms with E-state index >= 15 is 0 Å². The molecule has 0 fully saturated rings. The third-order valence-electron chi connectivity index (χ3n) is 4.86. The van der Waals surface area contributed by atoms with Gasteiger partial charge in [0.25, 0.3) is 0 Å². The summed E-state index contributed by atoms with van der Waals surface area (Å²) in [6.07, 6.45) is 3.62. The number of benzene rings is 2. The molecule has 0 radical (unpaired) electrons. The minimum Gasteiger partial charge on any atom is -0.359 e. The molecule has 3 N–H and O–H groups in total. The Morgan fingerprint density at radius 3 is 2.68 bits per heavy atom. The summed E-state index contributed by atoms with van der Waals surface area (Å²) in [6, 6.07) is 16.1. The highest BCUT2D eigenvalue weighted by Crippen LogP contribution is 2.19. The summed E-state index contributed by atoms with van der Waals surface area (Å²) in [6.45, 7) is 4.48. The van der Waals surface area contributed by atoms with Gasteiger partial charge in [-0.2, -0.15) is 0 Å². The summed E-state index contributed by atoms with van der Waals surface area (Å²) in [5.74, 6) is 0.109. The molecular weight excluding hydrogens is 370 g/mol. The second-order valence-corrected chi connectivity index (χ2v) is 7.66. The number of carbonyl (C=O) groups is 1. The SMILES string of the molecule is Cc1cc2c(CNCCCCCC(=O)NCc3ccc(Cl)cc3)cccc2[nH]1. The first-order valence-electron chi connectivity index (χ1n) is 9.91. The van der Waals surface area contributed by atoms with E-state index in [1.165, 1.54) is 22.2 Å². The molecule has 0 atom stereocenters. The van der Waals surface area contributed by atoms with Gasteiger partial charge in [0.2, 0.25) is 5.91 Å². The molecule has 0 saturated heterocycles. The molecule has 1 amide bonds. The number of amides is 1. The van der Waals surface area contributed by atoms with Crippen molar-refractivity contribution < 1.29 is 4.79 Å². The summed E-state index contributed by atoms with van der Waals surface area (Å²) in [4.78, 5) is 15.3. The Hall–Kier alpha value is -2.30. The van der Waals surface area contributed by atoms with E-state index in [1.54, 1.807) is 0 Å². The van der Waals surface area contributed by atoms with Gasteiger partial charge in [0.05, 0.1) is 0 Å². The van der Waals surface area contributed by atoms with Gasteiger partial charge in [-0.3, -0.25) is 4.79 Å². The average Bonchev–Trinajstić information content (AvgIpc) is 3.07. The Kier molecular flexibility index (Phi) is 7.52. The van der Waals surface area contributed by atoms with E-state index in [0.717, 1.165) is 37.9 Å². The van der Waals surface area contributed by atoms with E-state index in [0.29, 0.717) is 18.0 Å². The van der Waals surface area contributed by atoms with Crippen LogP contribution < -0.4 is 10.6 Å². The fourth-order valence-electron chi connectivity index (χ4n) is 3.34. The highest BCUT2D eigenvalue weighted by atomic mass is 35.5. The van der Waals surface area contributed by atoms with Gasteiger partial charge in [0, 0.05) is 41.1 Å². The highest BCUT2D eigenvalue weighted by Gasteiger charge is 2.04. The number of unbranched alkanes of at least 4 members (excludes halogenated alkanes) is 2. The number of fused-ring (bicyclic) bond motifs is 1. The molecule has 0 aliphatic rings. The standard InChI is InChI=1S/C23H28ClN3O/c1-17-14-21-19(6-5-7-22(21)27-17)16-25-13-4-2-3-8-23(28)26-15-18-9-11-20(24)12-10-18/h5-7,9-12,14,25,27H,2-4,8,13,15-16H2,1H3,(H,26,28). The summed E-state index contributed by atoms with van der Waals surface area (Å²) in [5.41, 5.74) is 4.77. The number of aromatic nitrogens is 1. The van der Waals surface area contributed by atoms with Crippen LogP contribution in [0.2, 0.25) is 5.02 Å². The largest absolute Gasteiger partial charge is 0.359 e. The smallest absolute Gasteiger partial charge is 0.220 e. The molecule has 28 heavy (non-hydrogen) atoms. The predicted molar refractivity (Wildman–Crippen MR) is 117 cm³/mol. The van der Waals surface area contributed by atoms with E-state index in [-0.39, 0.29) is 5.91 Å². The lowest BCUT2D eigenvalue weighted by Crippen LogP contribution is -2.22. The fourth-order valence-corrected chi connectivity index (χ4v) is 3.46. The molecule has 148 valence electrons. The molecular formula is C23H28ClN3O. The number of nitrogens with one attached hydrogen (secondary N) is 3. The van der Waals surface area contributed by atoms with Crippen molar-refractivity contribution in [3.8, 4) is 0 Å². The first-order chi connectivity index (χ1) is 13.6. The van der Waals surface area contributed by atoms with E-state index < -0.39 is 0 Å². The van der Waals surface area contributed by atoms with Crippen LogP contribution in [0, 0.1) is 6.92 Å². The van der Waals surface area contributed by atoms with Gasteiger partial charge in [-0.25, -0.2) is 0 Å². The molecule has 3 aromatic rings. The summed E-state index contributed by atoms with van der Waals surface area (Å²) >= 11 is 5.86. The van der Waals surface area contributed by atoms with Crippen molar-refractivity contribution in [2.24, 2.45) is 0 Å². The van der Waals surface area contributed by atoms with Gasteiger partial charge < -0.3 is 15.6 Å². The summed E-state index contributed by atoms with van der Waals surface area (Å²) in [7, 11) is 0. The molecule has 0 aliphatic heterocycles. The Morgan fingerprint density at radius 1 is 1.04 bits per heavy atom. The molecule has 1 aromatic heterocycles. The van der Waals surface area contributed by atoms with Crippen molar-refractivity contribution in [2.75, 3.05) is 6.54 Å². The maximum Gasteiger partial charge on any atom is 0.220 e. The first kappa shape index (κ1) is 20.4. The molecule has 3 rings (SSSR count). The maximum absolute atomic E-state index is 11.9. The molecule has 0 bridgehead atoms. The van der Waals surface area contributed by atoms with Crippen LogP contribution in [-0.4, -0.2) is 17.4 Å². The highest BCUT2D eigenvalue weighted by molar-refractivity contribution is 6.30. The molecule has 0 aliphatic carbocycles. The fraction of sp³-hybridized carbons (Fsp3) is 0.348. The van der Waals surface area contributed by atoms with Crippen molar-refractivity contribution >= 4 is 28.4 Å². The number of aromatic amines is 1. The summed E-state index contributed by atoms with van der Waals surface area (Å²) < 4.78 is 0. The van der Waals surface area contributed by atoms with Crippen molar-refractivity contribution in [3.05, 3.63) is 70.4 Å². The molecule has 0 unspecified atom stereocenters.